The van der Waals surface area contributed by atoms with E-state index in [1.807, 2.05) is 19.1 Å². The number of nitrogens with zero attached hydrogens (tertiary/aromatic N) is 1. The number of thiophene rings is 1. The van der Waals surface area contributed by atoms with Crippen LogP contribution < -0.4 is 10.6 Å². The SMILES string of the molecule is CCNC(=NCc1ccsc1)NCC1(c2ccccc2F)CC1. The van der Waals surface area contributed by atoms with Crippen LogP contribution in [0.3, 0.4) is 0 Å². The molecule has 0 aliphatic heterocycles. The summed E-state index contributed by atoms with van der Waals surface area (Å²) in [6.45, 7) is 4.22. The van der Waals surface area contributed by atoms with E-state index in [0.29, 0.717) is 13.1 Å². The zero-order valence-corrected chi connectivity index (χ0v) is 14.1. The van der Waals surface area contributed by atoms with E-state index in [1.165, 1.54) is 5.56 Å². The van der Waals surface area contributed by atoms with Crippen LogP contribution in [0, 0.1) is 5.82 Å². The molecule has 0 spiro atoms. The van der Waals surface area contributed by atoms with Gasteiger partial charge in [-0.1, -0.05) is 18.2 Å². The Labute approximate surface area is 140 Å². The number of rotatable bonds is 6. The Kier molecular flexibility index (Phi) is 4.96. The molecule has 0 saturated heterocycles. The number of benzene rings is 1. The molecule has 1 aromatic carbocycles. The van der Waals surface area contributed by atoms with Crippen molar-refractivity contribution >= 4 is 17.3 Å². The topological polar surface area (TPSA) is 36.4 Å². The molecule has 23 heavy (non-hydrogen) atoms. The minimum Gasteiger partial charge on any atom is -0.357 e. The zero-order valence-electron chi connectivity index (χ0n) is 13.3. The summed E-state index contributed by atoms with van der Waals surface area (Å²) in [5.74, 6) is 0.688. The van der Waals surface area contributed by atoms with Crippen molar-refractivity contribution in [2.75, 3.05) is 13.1 Å². The van der Waals surface area contributed by atoms with E-state index in [2.05, 4.69) is 32.5 Å². The van der Waals surface area contributed by atoms with E-state index in [1.54, 1.807) is 23.5 Å². The van der Waals surface area contributed by atoms with Crippen LogP contribution in [0.25, 0.3) is 0 Å². The summed E-state index contributed by atoms with van der Waals surface area (Å²) >= 11 is 1.68. The first-order valence-electron chi connectivity index (χ1n) is 8.02. The van der Waals surface area contributed by atoms with Gasteiger partial charge >= 0.3 is 0 Å². The Bertz CT molecular complexity index is 663. The minimum atomic E-state index is -0.105. The van der Waals surface area contributed by atoms with Gasteiger partial charge in [0.2, 0.25) is 0 Å². The highest BCUT2D eigenvalue weighted by atomic mass is 32.1. The van der Waals surface area contributed by atoms with Crippen molar-refractivity contribution in [3.63, 3.8) is 0 Å². The van der Waals surface area contributed by atoms with Crippen LogP contribution in [0.4, 0.5) is 4.39 Å². The van der Waals surface area contributed by atoms with Gasteiger partial charge in [-0.3, -0.25) is 0 Å². The molecular formula is C18H22FN3S. The lowest BCUT2D eigenvalue weighted by molar-refractivity contribution is 0.559. The van der Waals surface area contributed by atoms with Crippen LogP contribution in [0.5, 0.6) is 0 Å². The molecule has 1 aliphatic carbocycles. The highest BCUT2D eigenvalue weighted by Crippen LogP contribution is 2.48. The van der Waals surface area contributed by atoms with Gasteiger partial charge in [0.05, 0.1) is 6.54 Å². The number of nitrogens with one attached hydrogen (secondary N) is 2. The standard InChI is InChI=1S/C18H22FN3S/c1-2-20-17(21-11-14-7-10-23-12-14)22-13-18(8-9-18)15-5-3-4-6-16(15)19/h3-7,10,12H,2,8-9,11,13H2,1H3,(H2,20,21,22). The van der Waals surface area contributed by atoms with Crippen molar-refractivity contribution in [1.82, 2.24) is 10.6 Å². The number of hydrogen-bond donors (Lipinski definition) is 2. The molecule has 5 heteroatoms. The Hall–Kier alpha value is -1.88. The lowest BCUT2D eigenvalue weighted by Gasteiger charge is -2.19. The second-order valence-electron chi connectivity index (χ2n) is 5.94. The second-order valence-corrected chi connectivity index (χ2v) is 6.72. The highest BCUT2D eigenvalue weighted by Gasteiger charge is 2.45. The van der Waals surface area contributed by atoms with Crippen molar-refractivity contribution < 1.29 is 4.39 Å². The van der Waals surface area contributed by atoms with Gasteiger partial charge in [-0.2, -0.15) is 11.3 Å². The molecule has 1 aromatic heterocycles. The fourth-order valence-corrected chi connectivity index (χ4v) is 3.39. The van der Waals surface area contributed by atoms with Gasteiger partial charge in [0.1, 0.15) is 5.82 Å². The fraction of sp³-hybridized carbons (Fsp3) is 0.389. The van der Waals surface area contributed by atoms with Gasteiger partial charge in [0.25, 0.3) is 0 Å². The molecule has 1 aliphatic rings. The van der Waals surface area contributed by atoms with E-state index in [9.17, 15) is 4.39 Å². The van der Waals surface area contributed by atoms with Crippen molar-refractivity contribution in [3.05, 3.63) is 58.0 Å². The van der Waals surface area contributed by atoms with Crippen molar-refractivity contribution in [2.24, 2.45) is 4.99 Å². The minimum absolute atomic E-state index is 0.0794. The summed E-state index contributed by atoms with van der Waals surface area (Å²) in [7, 11) is 0. The molecule has 0 atom stereocenters. The molecule has 0 unspecified atom stereocenters. The van der Waals surface area contributed by atoms with Crippen molar-refractivity contribution in [3.8, 4) is 0 Å². The third-order valence-corrected chi connectivity index (χ3v) is 4.97. The third kappa shape index (κ3) is 3.91. The molecule has 0 bridgehead atoms. The Balaban J connectivity index is 1.65. The maximum atomic E-state index is 14.1. The summed E-state index contributed by atoms with van der Waals surface area (Å²) in [6, 6.07) is 9.19. The number of hydrogen-bond acceptors (Lipinski definition) is 2. The zero-order chi connectivity index (χ0) is 16.1. The molecule has 2 aromatic rings. The average Bonchev–Trinajstić information content (AvgIpc) is 3.16. The van der Waals surface area contributed by atoms with Gasteiger partial charge in [-0.05, 0) is 53.8 Å². The molecule has 1 heterocycles. The second kappa shape index (κ2) is 7.13. The van der Waals surface area contributed by atoms with Crippen LogP contribution in [-0.4, -0.2) is 19.0 Å². The van der Waals surface area contributed by atoms with Crippen LogP contribution in [-0.2, 0) is 12.0 Å². The quantitative estimate of drug-likeness (QED) is 0.626. The summed E-state index contributed by atoms with van der Waals surface area (Å²) in [5.41, 5.74) is 1.95. The summed E-state index contributed by atoms with van der Waals surface area (Å²) in [5, 5.41) is 10.8. The van der Waals surface area contributed by atoms with Crippen LogP contribution in [0.2, 0.25) is 0 Å². The van der Waals surface area contributed by atoms with Gasteiger partial charge in [0.15, 0.2) is 5.96 Å². The van der Waals surface area contributed by atoms with E-state index >= 15 is 0 Å². The van der Waals surface area contributed by atoms with Crippen molar-refractivity contribution in [2.45, 2.75) is 31.7 Å². The Morgan fingerprint density at radius 2 is 2.09 bits per heavy atom. The maximum absolute atomic E-state index is 14.1. The van der Waals surface area contributed by atoms with E-state index in [-0.39, 0.29) is 11.2 Å². The molecule has 122 valence electrons. The summed E-state index contributed by atoms with van der Waals surface area (Å²) in [6.07, 6.45) is 2.04. The molecule has 1 fully saturated rings. The first kappa shape index (κ1) is 16.0. The first-order valence-corrected chi connectivity index (χ1v) is 8.96. The van der Waals surface area contributed by atoms with Crippen LogP contribution in [0.15, 0.2) is 46.1 Å². The van der Waals surface area contributed by atoms with Crippen molar-refractivity contribution in [1.29, 1.82) is 0 Å². The maximum Gasteiger partial charge on any atom is 0.191 e. The Morgan fingerprint density at radius 1 is 1.26 bits per heavy atom. The molecular weight excluding hydrogens is 309 g/mol. The number of halogens is 1. The lowest BCUT2D eigenvalue weighted by Crippen LogP contribution is -2.41. The van der Waals surface area contributed by atoms with E-state index < -0.39 is 0 Å². The van der Waals surface area contributed by atoms with Crippen LogP contribution in [0.1, 0.15) is 30.9 Å². The summed E-state index contributed by atoms with van der Waals surface area (Å²) < 4.78 is 14.1. The average molecular weight is 331 g/mol. The third-order valence-electron chi connectivity index (χ3n) is 4.24. The molecule has 3 rings (SSSR count). The number of aliphatic imine (C=N–C) groups is 1. The predicted octanol–water partition coefficient (Wildman–Crippen LogP) is 3.67. The molecule has 0 radical (unpaired) electrons. The largest absolute Gasteiger partial charge is 0.357 e. The van der Waals surface area contributed by atoms with Gasteiger partial charge in [-0.15, -0.1) is 0 Å². The number of guanidine groups is 1. The molecule has 1 saturated carbocycles. The smallest absolute Gasteiger partial charge is 0.191 e. The normalized spacial score (nSPS) is 16.2. The lowest BCUT2D eigenvalue weighted by atomic mass is 9.95. The predicted molar refractivity (Wildman–Crippen MR) is 94.4 cm³/mol. The van der Waals surface area contributed by atoms with E-state index in [4.69, 9.17) is 0 Å². The Morgan fingerprint density at radius 3 is 2.74 bits per heavy atom. The van der Waals surface area contributed by atoms with E-state index in [0.717, 1.165) is 30.9 Å². The fourth-order valence-electron chi connectivity index (χ4n) is 2.73. The highest BCUT2D eigenvalue weighted by molar-refractivity contribution is 7.07. The molecule has 0 amide bonds. The monoisotopic (exact) mass is 331 g/mol. The van der Waals surface area contributed by atoms with Crippen LogP contribution >= 0.6 is 11.3 Å². The first-order chi connectivity index (χ1) is 11.2. The summed E-state index contributed by atoms with van der Waals surface area (Å²) in [4.78, 5) is 4.61. The molecule has 2 N–H and O–H groups in total. The molecule has 3 nitrogen and oxygen atoms in total. The van der Waals surface area contributed by atoms with Gasteiger partial charge in [-0.25, -0.2) is 9.38 Å². The van der Waals surface area contributed by atoms with Gasteiger partial charge < -0.3 is 10.6 Å². The van der Waals surface area contributed by atoms with Gasteiger partial charge in [0, 0.05) is 18.5 Å².